The number of aryl methyl sites for hydroxylation is 1. The number of carbonyl (C=O) groups is 1. The predicted octanol–water partition coefficient (Wildman–Crippen LogP) is 3.19. The van der Waals surface area contributed by atoms with Crippen LogP contribution in [0.5, 0.6) is 0 Å². The van der Waals surface area contributed by atoms with Crippen molar-refractivity contribution in [1.82, 2.24) is 4.90 Å². The van der Waals surface area contributed by atoms with Crippen LogP contribution in [0.4, 0.5) is 4.70 Å². The fourth-order valence-corrected chi connectivity index (χ4v) is 2.31. The minimum atomic E-state index is -0.612. The molecule has 0 saturated carbocycles. The van der Waals surface area contributed by atoms with Gasteiger partial charge in [0.05, 0.1) is 6.61 Å². The van der Waals surface area contributed by atoms with Crippen molar-refractivity contribution < 1.29 is 19.3 Å². The lowest BCUT2D eigenvalue weighted by molar-refractivity contribution is -0.148. The molecule has 1 unspecified atom stereocenters. The van der Waals surface area contributed by atoms with E-state index in [0.717, 1.165) is 18.2 Å². The average molecular weight is 338 g/mol. The van der Waals surface area contributed by atoms with Gasteiger partial charge in [0, 0.05) is 25.9 Å². The van der Waals surface area contributed by atoms with E-state index in [1.165, 1.54) is 0 Å². The molecule has 1 aliphatic heterocycles. The zero-order chi connectivity index (χ0) is 17.2. The van der Waals surface area contributed by atoms with Crippen molar-refractivity contribution in [2.45, 2.75) is 26.3 Å². The van der Waals surface area contributed by atoms with Gasteiger partial charge in [-0.2, -0.15) is 0 Å². The first-order valence-electron chi connectivity index (χ1n) is 7.32. The van der Waals surface area contributed by atoms with Crippen LogP contribution in [0.15, 0.2) is 53.6 Å². The molecule has 132 valence electrons. The number of benzene rings is 1. The van der Waals surface area contributed by atoms with Gasteiger partial charge in [0.1, 0.15) is 5.70 Å². The first kappa shape index (κ1) is 21.5. The molecule has 0 radical (unpaired) electrons. The Morgan fingerprint density at radius 1 is 1.38 bits per heavy atom. The molecule has 0 fully saturated rings. The van der Waals surface area contributed by atoms with Gasteiger partial charge in [-0.1, -0.05) is 30.3 Å². The number of ether oxygens (including phenoxy) is 1. The minimum absolute atomic E-state index is 0. The third-order valence-electron chi connectivity index (χ3n) is 3.31. The fourth-order valence-electron chi connectivity index (χ4n) is 2.31. The zero-order valence-electron chi connectivity index (χ0n) is 14.0. The predicted molar refractivity (Wildman–Crippen MR) is 90.7 cm³/mol. The molecule has 0 spiro atoms. The molecular formula is C17H23FN2O4. The molecule has 1 heterocycles. The lowest BCUT2D eigenvalue weighted by Crippen LogP contribution is -2.29. The van der Waals surface area contributed by atoms with Crippen LogP contribution in [0.2, 0.25) is 0 Å². The molecule has 0 bridgehead atoms. The Hall–Kier alpha value is -2.54. The summed E-state index contributed by atoms with van der Waals surface area (Å²) in [5.41, 5.74) is 2.23. The summed E-state index contributed by atoms with van der Waals surface area (Å²) in [6, 6.07) is 7.02. The number of nitrogens with zero attached hydrogens (tertiary/aromatic N) is 2. The van der Waals surface area contributed by atoms with Crippen LogP contribution < -0.4 is 0 Å². The molecule has 24 heavy (non-hydrogen) atoms. The van der Waals surface area contributed by atoms with Gasteiger partial charge in [0.25, 0.3) is 0 Å². The largest absolute Gasteiger partial charge is 0.464 e. The number of halogens is 1. The number of allylic oxidation sites excluding steroid dienone is 1. The Morgan fingerprint density at radius 3 is 2.62 bits per heavy atom. The number of esters is 1. The fraction of sp³-hybridized carbons (Fsp3) is 0.353. The summed E-state index contributed by atoms with van der Waals surface area (Å²) in [7, 11) is 1.00. The summed E-state index contributed by atoms with van der Waals surface area (Å²) >= 11 is 0. The van der Waals surface area contributed by atoms with E-state index in [-0.39, 0.29) is 10.7 Å². The molecular weight excluding hydrogens is 315 g/mol. The normalized spacial score (nSPS) is 13.7. The average Bonchev–Trinajstić information content (AvgIpc) is 2.59. The first-order chi connectivity index (χ1) is 11.2. The molecule has 1 aliphatic rings. The van der Waals surface area contributed by atoms with Crippen molar-refractivity contribution >= 4 is 5.97 Å². The Balaban J connectivity index is 0.00000170. The van der Waals surface area contributed by atoms with Crippen molar-refractivity contribution in [2.75, 3.05) is 13.7 Å². The first-order valence-corrected chi connectivity index (χ1v) is 7.32. The third-order valence-corrected chi connectivity index (χ3v) is 3.31. The molecule has 0 aliphatic carbocycles. The zero-order valence-corrected chi connectivity index (χ0v) is 14.0. The molecule has 1 N–H and O–H groups in total. The summed E-state index contributed by atoms with van der Waals surface area (Å²) in [5.74, 6) is -0.347. The monoisotopic (exact) mass is 338 g/mol. The molecule has 1 aromatic carbocycles. The van der Waals surface area contributed by atoms with Gasteiger partial charge < -0.3 is 14.7 Å². The quantitative estimate of drug-likeness (QED) is 0.659. The van der Waals surface area contributed by atoms with E-state index in [2.05, 4.69) is 5.18 Å². The second-order valence-corrected chi connectivity index (χ2v) is 4.76. The van der Waals surface area contributed by atoms with E-state index in [9.17, 15) is 9.70 Å². The van der Waals surface area contributed by atoms with Gasteiger partial charge in [-0.15, -0.1) is 4.91 Å². The second kappa shape index (κ2) is 11.1. The number of aliphatic hydroxyl groups excluding tert-OH is 1. The Morgan fingerprint density at radius 2 is 2.04 bits per heavy atom. The van der Waals surface area contributed by atoms with Crippen molar-refractivity contribution in [3.8, 4) is 0 Å². The molecule has 7 heteroatoms. The summed E-state index contributed by atoms with van der Waals surface area (Å²) in [6.07, 6.45) is 5.66. The van der Waals surface area contributed by atoms with Crippen LogP contribution in [0.3, 0.4) is 0 Å². The van der Waals surface area contributed by atoms with E-state index < -0.39 is 6.04 Å². The molecule has 0 aromatic heterocycles. The number of rotatable bonds is 5. The van der Waals surface area contributed by atoms with Crippen LogP contribution in [0, 0.1) is 11.8 Å². The van der Waals surface area contributed by atoms with Crippen LogP contribution >= 0.6 is 0 Å². The van der Waals surface area contributed by atoms with Crippen molar-refractivity contribution in [3.63, 3.8) is 0 Å². The second-order valence-electron chi connectivity index (χ2n) is 4.76. The van der Waals surface area contributed by atoms with Crippen LogP contribution in [-0.4, -0.2) is 29.7 Å². The molecule has 0 saturated heterocycles. The lowest BCUT2D eigenvalue weighted by Gasteiger charge is -2.29. The van der Waals surface area contributed by atoms with Crippen molar-refractivity contribution in [2.24, 2.45) is 5.18 Å². The minimum Gasteiger partial charge on any atom is -0.464 e. The van der Waals surface area contributed by atoms with E-state index in [0.29, 0.717) is 18.7 Å². The SMILES string of the molecule is CCOC(=O)C(c1ccccc1C)N1C=CCC(N=O)=C1.CO.F. The highest BCUT2D eigenvalue weighted by Crippen LogP contribution is 2.29. The number of aliphatic hydroxyl groups is 1. The van der Waals surface area contributed by atoms with E-state index >= 15 is 0 Å². The van der Waals surface area contributed by atoms with Gasteiger partial charge in [0.15, 0.2) is 6.04 Å². The highest BCUT2D eigenvalue weighted by atomic mass is 19.0. The maximum absolute atomic E-state index is 12.4. The lowest BCUT2D eigenvalue weighted by atomic mass is 9.99. The highest BCUT2D eigenvalue weighted by molar-refractivity contribution is 5.78. The van der Waals surface area contributed by atoms with Gasteiger partial charge >= 0.3 is 5.97 Å². The van der Waals surface area contributed by atoms with E-state index in [4.69, 9.17) is 9.84 Å². The number of hydrogen-bond donors (Lipinski definition) is 1. The van der Waals surface area contributed by atoms with Gasteiger partial charge in [-0.3, -0.25) is 4.70 Å². The van der Waals surface area contributed by atoms with Crippen molar-refractivity contribution in [1.29, 1.82) is 0 Å². The number of nitroso groups, excluding NO2 is 1. The number of hydrogen-bond acceptors (Lipinski definition) is 6. The molecule has 1 aromatic rings. The molecule has 1 atom stereocenters. The Bertz CT molecular complexity index is 602. The van der Waals surface area contributed by atoms with Crippen molar-refractivity contribution in [3.05, 3.63) is 64.5 Å². The number of carbonyl (C=O) groups excluding carboxylic acids is 1. The van der Waals surface area contributed by atoms with Crippen LogP contribution in [0.25, 0.3) is 0 Å². The van der Waals surface area contributed by atoms with E-state index in [1.807, 2.05) is 31.2 Å². The summed E-state index contributed by atoms with van der Waals surface area (Å²) in [5, 5.41) is 9.97. The molecule has 2 rings (SSSR count). The topological polar surface area (TPSA) is 79.2 Å². The van der Waals surface area contributed by atoms with Gasteiger partial charge in [0.2, 0.25) is 0 Å². The summed E-state index contributed by atoms with van der Waals surface area (Å²) < 4.78 is 5.18. The molecule has 6 nitrogen and oxygen atoms in total. The maximum atomic E-state index is 12.4. The Labute approximate surface area is 140 Å². The van der Waals surface area contributed by atoms with Crippen LogP contribution in [0.1, 0.15) is 30.5 Å². The Kier molecular flexibility index (Phi) is 9.90. The van der Waals surface area contributed by atoms with Crippen LogP contribution in [-0.2, 0) is 9.53 Å². The molecule has 0 amide bonds. The summed E-state index contributed by atoms with van der Waals surface area (Å²) in [4.78, 5) is 24.8. The van der Waals surface area contributed by atoms with Gasteiger partial charge in [-0.05, 0) is 30.2 Å². The van der Waals surface area contributed by atoms with E-state index in [1.54, 1.807) is 30.3 Å². The maximum Gasteiger partial charge on any atom is 0.333 e. The summed E-state index contributed by atoms with van der Waals surface area (Å²) in [6.45, 7) is 4.02. The van der Waals surface area contributed by atoms with Gasteiger partial charge in [-0.25, -0.2) is 4.79 Å². The standard InChI is InChI=1S/C16H18N2O3.CH4O.FH/c1-3-21-16(19)15(14-9-5-4-7-12(14)2)18-10-6-8-13(11-18)17-20;1-2;/h4-7,9-11,15H,3,8H2,1-2H3;2H,1H3;1H. The third kappa shape index (κ3) is 5.27. The highest BCUT2D eigenvalue weighted by Gasteiger charge is 2.28. The smallest absolute Gasteiger partial charge is 0.333 e.